The molecule has 21 heavy (non-hydrogen) atoms. The first kappa shape index (κ1) is 16.1. The average molecular weight is 296 g/mol. The van der Waals surface area contributed by atoms with Crippen molar-refractivity contribution < 1.29 is 14.7 Å². The molecule has 3 atom stereocenters. The fraction of sp³-hybridized carbons (Fsp3) is 0.875. The van der Waals surface area contributed by atoms with Crippen LogP contribution in [0, 0.1) is 11.8 Å². The van der Waals surface area contributed by atoms with Gasteiger partial charge in [0.2, 0.25) is 0 Å². The number of carbonyl (C=O) groups is 2. The van der Waals surface area contributed by atoms with Crippen molar-refractivity contribution in [1.82, 2.24) is 10.2 Å². The van der Waals surface area contributed by atoms with E-state index in [0.717, 1.165) is 45.1 Å². The van der Waals surface area contributed by atoms with Crippen molar-refractivity contribution in [3.63, 3.8) is 0 Å². The van der Waals surface area contributed by atoms with Gasteiger partial charge < -0.3 is 15.3 Å². The van der Waals surface area contributed by atoms with Gasteiger partial charge >= 0.3 is 12.0 Å². The Labute approximate surface area is 127 Å². The molecule has 1 saturated carbocycles. The Bertz CT molecular complexity index is 384. The van der Waals surface area contributed by atoms with Gasteiger partial charge in [0.15, 0.2) is 0 Å². The first-order valence-electron chi connectivity index (χ1n) is 8.30. The molecule has 2 N–H and O–H groups in total. The van der Waals surface area contributed by atoms with Gasteiger partial charge in [-0.3, -0.25) is 4.79 Å². The standard InChI is InChI=1S/C16H28N2O3/c1-11(2)14-9-6-10-18(14)16(21)17-13-8-5-3-4-7-12(13)15(19)20/h11-14H,3-10H2,1-2H3,(H,17,21)(H,19,20). The number of likely N-dealkylation sites (tertiary alicyclic amines) is 1. The number of amides is 2. The third-order valence-electron chi connectivity index (χ3n) is 4.97. The van der Waals surface area contributed by atoms with Gasteiger partial charge in [-0.05, 0) is 31.6 Å². The molecule has 5 nitrogen and oxygen atoms in total. The molecule has 5 heteroatoms. The second-order valence-corrected chi connectivity index (χ2v) is 6.79. The maximum atomic E-state index is 12.5. The molecule has 0 aromatic rings. The first-order valence-corrected chi connectivity index (χ1v) is 8.30. The molecule has 2 amide bonds. The van der Waals surface area contributed by atoms with Crippen molar-refractivity contribution >= 4 is 12.0 Å². The summed E-state index contributed by atoms with van der Waals surface area (Å²) in [6.07, 6.45) is 6.57. The molecule has 0 radical (unpaired) electrons. The molecule has 2 fully saturated rings. The van der Waals surface area contributed by atoms with E-state index in [1.54, 1.807) is 0 Å². The Hall–Kier alpha value is -1.26. The molecule has 1 aliphatic heterocycles. The minimum absolute atomic E-state index is 0.0654. The fourth-order valence-electron chi connectivity index (χ4n) is 3.76. The van der Waals surface area contributed by atoms with Crippen LogP contribution < -0.4 is 5.32 Å². The van der Waals surface area contributed by atoms with Gasteiger partial charge in [-0.25, -0.2) is 4.79 Å². The highest BCUT2D eigenvalue weighted by molar-refractivity contribution is 5.77. The monoisotopic (exact) mass is 296 g/mol. The smallest absolute Gasteiger partial charge is 0.317 e. The van der Waals surface area contributed by atoms with Crippen LogP contribution in [0.2, 0.25) is 0 Å². The van der Waals surface area contributed by atoms with Crippen LogP contribution in [0.3, 0.4) is 0 Å². The SMILES string of the molecule is CC(C)C1CCCN1C(=O)NC1CCCCCC1C(=O)O. The van der Waals surface area contributed by atoms with Crippen molar-refractivity contribution in [3.05, 3.63) is 0 Å². The third-order valence-corrected chi connectivity index (χ3v) is 4.97. The van der Waals surface area contributed by atoms with E-state index >= 15 is 0 Å². The number of rotatable bonds is 3. The summed E-state index contributed by atoms with van der Waals surface area (Å²) in [4.78, 5) is 25.9. The van der Waals surface area contributed by atoms with Crippen LogP contribution >= 0.6 is 0 Å². The lowest BCUT2D eigenvalue weighted by atomic mass is 9.95. The molecule has 0 aromatic heterocycles. The molecule has 2 aliphatic rings. The lowest BCUT2D eigenvalue weighted by Gasteiger charge is -2.31. The Kier molecular flexibility index (Phi) is 5.48. The van der Waals surface area contributed by atoms with E-state index in [2.05, 4.69) is 19.2 Å². The van der Waals surface area contributed by atoms with Gasteiger partial charge in [-0.15, -0.1) is 0 Å². The highest BCUT2D eigenvalue weighted by Crippen LogP contribution is 2.26. The van der Waals surface area contributed by atoms with Crippen LogP contribution in [0.15, 0.2) is 0 Å². The van der Waals surface area contributed by atoms with Crippen molar-refractivity contribution in [2.75, 3.05) is 6.54 Å². The fourth-order valence-corrected chi connectivity index (χ4v) is 3.76. The van der Waals surface area contributed by atoms with Crippen molar-refractivity contribution in [1.29, 1.82) is 0 Å². The minimum Gasteiger partial charge on any atom is -0.481 e. The van der Waals surface area contributed by atoms with Crippen molar-refractivity contribution in [2.45, 2.75) is 70.9 Å². The molecule has 0 spiro atoms. The first-order chi connectivity index (χ1) is 10.0. The third kappa shape index (κ3) is 3.89. The summed E-state index contributed by atoms with van der Waals surface area (Å²) in [5, 5.41) is 12.4. The Morgan fingerprint density at radius 2 is 1.81 bits per heavy atom. The van der Waals surface area contributed by atoms with Crippen LogP contribution in [0.4, 0.5) is 4.79 Å². The molecule has 1 saturated heterocycles. The number of hydrogen-bond donors (Lipinski definition) is 2. The summed E-state index contributed by atoms with van der Waals surface area (Å²) in [6, 6.07) is 0.00863. The van der Waals surface area contributed by atoms with Crippen LogP contribution in [-0.4, -0.2) is 40.6 Å². The van der Waals surface area contributed by atoms with Crippen LogP contribution in [0.5, 0.6) is 0 Å². The number of urea groups is 1. The lowest BCUT2D eigenvalue weighted by Crippen LogP contribution is -2.51. The zero-order chi connectivity index (χ0) is 15.4. The average Bonchev–Trinajstić information content (AvgIpc) is 2.80. The van der Waals surface area contributed by atoms with Crippen LogP contribution in [-0.2, 0) is 4.79 Å². The zero-order valence-electron chi connectivity index (χ0n) is 13.2. The number of nitrogens with zero attached hydrogens (tertiary/aromatic N) is 1. The predicted octanol–water partition coefficient (Wildman–Crippen LogP) is 2.85. The topological polar surface area (TPSA) is 69.6 Å². The number of hydrogen-bond acceptors (Lipinski definition) is 2. The second kappa shape index (κ2) is 7.14. The zero-order valence-corrected chi connectivity index (χ0v) is 13.2. The van der Waals surface area contributed by atoms with E-state index in [1.165, 1.54) is 0 Å². The van der Waals surface area contributed by atoms with Gasteiger partial charge in [0, 0.05) is 18.6 Å². The highest BCUT2D eigenvalue weighted by atomic mass is 16.4. The van der Waals surface area contributed by atoms with E-state index in [4.69, 9.17) is 0 Å². The molecule has 1 heterocycles. The van der Waals surface area contributed by atoms with Gasteiger partial charge in [-0.2, -0.15) is 0 Å². The quantitative estimate of drug-likeness (QED) is 0.787. The Balaban J connectivity index is 2.00. The minimum atomic E-state index is -0.774. The molecular weight excluding hydrogens is 268 g/mol. The van der Waals surface area contributed by atoms with E-state index in [0.29, 0.717) is 18.4 Å². The van der Waals surface area contributed by atoms with Gasteiger partial charge in [0.25, 0.3) is 0 Å². The van der Waals surface area contributed by atoms with E-state index in [-0.39, 0.29) is 12.1 Å². The highest BCUT2D eigenvalue weighted by Gasteiger charge is 2.35. The van der Waals surface area contributed by atoms with Crippen LogP contribution in [0.1, 0.15) is 58.8 Å². The summed E-state index contributed by atoms with van der Waals surface area (Å²) < 4.78 is 0. The summed E-state index contributed by atoms with van der Waals surface area (Å²) in [7, 11) is 0. The van der Waals surface area contributed by atoms with Crippen LogP contribution in [0.25, 0.3) is 0 Å². The normalized spacial score (nSPS) is 30.2. The van der Waals surface area contributed by atoms with E-state index in [9.17, 15) is 14.7 Å². The van der Waals surface area contributed by atoms with Gasteiger partial charge in [0.05, 0.1) is 5.92 Å². The number of nitrogens with one attached hydrogen (secondary N) is 1. The molecule has 0 bridgehead atoms. The Morgan fingerprint density at radius 1 is 1.10 bits per heavy atom. The maximum absolute atomic E-state index is 12.5. The van der Waals surface area contributed by atoms with Gasteiger partial charge in [-0.1, -0.05) is 33.1 Å². The molecule has 3 unspecified atom stereocenters. The second-order valence-electron chi connectivity index (χ2n) is 6.79. The molecule has 120 valence electrons. The summed E-state index contributed by atoms with van der Waals surface area (Å²) in [6.45, 7) is 5.07. The summed E-state index contributed by atoms with van der Waals surface area (Å²) in [5.41, 5.74) is 0. The van der Waals surface area contributed by atoms with Crippen molar-refractivity contribution in [2.24, 2.45) is 11.8 Å². The number of carboxylic acid groups (broad SMARTS) is 1. The number of carboxylic acids is 1. The largest absolute Gasteiger partial charge is 0.481 e. The van der Waals surface area contributed by atoms with Gasteiger partial charge in [0.1, 0.15) is 0 Å². The molecule has 1 aliphatic carbocycles. The Morgan fingerprint density at radius 3 is 2.48 bits per heavy atom. The summed E-state index contributed by atoms with van der Waals surface area (Å²) >= 11 is 0. The van der Waals surface area contributed by atoms with E-state index < -0.39 is 11.9 Å². The molecular formula is C16H28N2O3. The number of aliphatic carboxylic acids is 1. The van der Waals surface area contributed by atoms with Crippen molar-refractivity contribution in [3.8, 4) is 0 Å². The maximum Gasteiger partial charge on any atom is 0.317 e. The number of carbonyl (C=O) groups excluding carboxylic acids is 1. The molecule has 2 rings (SSSR count). The predicted molar refractivity (Wildman–Crippen MR) is 81.1 cm³/mol. The summed E-state index contributed by atoms with van der Waals surface area (Å²) in [5.74, 6) is -0.761. The molecule has 0 aromatic carbocycles. The van der Waals surface area contributed by atoms with E-state index in [1.807, 2.05) is 4.90 Å². The lowest BCUT2D eigenvalue weighted by molar-refractivity contribution is -0.142.